The second-order valence-electron chi connectivity index (χ2n) is 7.26. The fourth-order valence-electron chi connectivity index (χ4n) is 4.40. The predicted octanol–water partition coefficient (Wildman–Crippen LogP) is 1.53. The van der Waals surface area contributed by atoms with Gasteiger partial charge in [0.15, 0.2) is 0 Å². The molecule has 144 valence electrons. The molecule has 1 saturated heterocycles. The first-order valence-corrected chi connectivity index (χ1v) is 9.36. The standard InChI is InChI=1S/C19H25N5O3/c1-26-15-8-9-19(27-2)10-11-23(16(19)12-15)17(25)13-24-21-18(20-22-24)14-6-4-3-5-7-14/h3-7,15-16H,8-13H2,1-2H3/t15-,16-,19+/m0/s1. The lowest BCUT2D eigenvalue weighted by Crippen LogP contribution is -2.53. The van der Waals surface area contributed by atoms with Crippen LogP contribution >= 0.6 is 0 Å². The quantitative estimate of drug-likeness (QED) is 0.793. The van der Waals surface area contributed by atoms with Crippen molar-refractivity contribution in [2.24, 2.45) is 0 Å². The van der Waals surface area contributed by atoms with Crippen LogP contribution in [0.3, 0.4) is 0 Å². The SMILES string of the molecule is CO[C@H]1CC[C@@]2(OC)CCN(C(=O)Cn3nnc(-c4ccccc4)n3)[C@H]2C1. The van der Waals surface area contributed by atoms with Crippen LogP contribution in [0.4, 0.5) is 0 Å². The molecule has 0 N–H and O–H groups in total. The predicted molar refractivity (Wildman–Crippen MR) is 97.8 cm³/mol. The first-order chi connectivity index (χ1) is 13.1. The van der Waals surface area contributed by atoms with Crippen LogP contribution in [0.1, 0.15) is 25.7 Å². The lowest BCUT2D eigenvalue weighted by atomic mass is 9.79. The Labute approximate surface area is 158 Å². The van der Waals surface area contributed by atoms with Crippen LogP contribution in [0.15, 0.2) is 30.3 Å². The van der Waals surface area contributed by atoms with Crippen molar-refractivity contribution in [2.75, 3.05) is 20.8 Å². The fraction of sp³-hybridized carbons (Fsp3) is 0.579. The van der Waals surface area contributed by atoms with E-state index in [9.17, 15) is 4.79 Å². The molecule has 1 saturated carbocycles. The molecule has 2 aromatic rings. The number of likely N-dealkylation sites (tertiary alicyclic amines) is 1. The zero-order valence-electron chi connectivity index (χ0n) is 15.7. The number of hydrogen-bond donors (Lipinski definition) is 0. The Morgan fingerprint density at radius 1 is 1.26 bits per heavy atom. The third kappa shape index (κ3) is 3.35. The highest BCUT2D eigenvalue weighted by molar-refractivity contribution is 5.77. The van der Waals surface area contributed by atoms with E-state index in [0.29, 0.717) is 12.4 Å². The zero-order valence-corrected chi connectivity index (χ0v) is 15.7. The van der Waals surface area contributed by atoms with Crippen molar-refractivity contribution in [3.8, 4) is 11.4 Å². The molecule has 1 aromatic carbocycles. The van der Waals surface area contributed by atoms with Crippen molar-refractivity contribution in [3.05, 3.63) is 30.3 Å². The number of nitrogens with zero attached hydrogens (tertiary/aromatic N) is 5. The van der Waals surface area contributed by atoms with E-state index in [-0.39, 0.29) is 30.2 Å². The Hall–Kier alpha value is -2.32. The van der Waals surface area contributed by atoms with Crippen LogP contribution in [0.25, 0.3) is 11.4 Å². The molecular formula is C19H25N5O3. The molecule has 1 aromatic heterocycles. The molecule has 0 unspecified atom stereocenters. The zero-order chi connectivity index (χ0) is 18.9. The van der Waals surface area contributed by atoms with Crippen LogP contribution in [0, 0.1) is 0 Å². The van der Waals surface area contributed by atoms with Gasteiger partial charge in [0.05, 0.1) is 17.7 Å². The number of carbonyl (C=O) groups excluding carboxylic acids is 1. The van der Waals surface area contributed by atoms with Gasteiger partial charge in [0.2, 0.25) is 11.7 Å². The third-order valence-electron chi connectivity index (χ3n) is 5.96. The van der Waals surface area contributed by atoms with Crippen molar-refractivity contribution in [3.63, 3.8) is 0 Å². The maximum absolute atomic E-state index is 13.0. The highest BCUT2D eigenvalue weighted by Gasteiger charge is 2.52. The number of amides is 1. The molecule has 2 fully saturated rings. The molecule has 1 aliphatic heterocycles. The van der Waals surface area contributed by atoms with Crippen LogP contribution in [-0.2, 0) is 20.8 Å². The summed E-state index contributed by atoms with van der Waals surface area (Å²) >= 11 is 0. The Morgan fingerprint density at radius 3 is 2.81 bits per heavy atom. The van der Waals surface area contributed by atoms with Crippen molar-refractivity contribution >= 4 is 5.91 Å². The number of aromatic nitrogens is 4. The minimum absolute atomic E-state index is 0.00677. The summed E-state index contributed by atoms with van der Waals surface area (Å²) in [5.41, 5.74) is 0.626. The van der Waals surface area contributed by atoms with Crippen molar-refractivity contribution < 1.29 is 14.3 Å². The van der Waals surface area contributed by atoms with Gasteiger partial charge in [0.1, 0.15) is 6.54 Å². The highest BCUT2D eigenvalue weighted by Crippen LogP contribution is 2.43. The topological polar surface area (TPSA) is 82.4 Å². The normalized spacial score (nSPS) is 27.6. The monoisotopic (exact) mass is 371 g/mol. The first kappa shape index (κ1) is 18.1. The Morgan fingerprint density at radius 2 is 2.07 bits per heavy atom. The average Bonchev–Trinajstić information content (AvgIpc) is 3.33. The highest BCUT2D eigenvalue weighted by atomic mass is 16.5. The molecule has 2 aliphatic rings. The second kappa shape index (κ2) is 7.36. The minimum atomic E-state index is -0.254. The summed E-state index contributed by atoms with van der Waals surface area (Å²) < 4.78 is 11.4. The van der Waals surface area contributed by atoms with Crippen molar-refractivity contribution in [2.45, 2.75) is 50.0 Å². The van der Waals surface area contributed by atoms with E-state index in [1.54, 1.807) is 14.2 Å². The van der Waals surface area contributed by atoms with E-state index >= 15 is 0 Å². The molecule has 0 radical (unpaired) electrons. The third-order valence-corrected chi connectivity index (χ3v) is 5.96. The van der Waals surface area contributed by atoms with Crippen LogP contribution in [0.2, 0.25) is 0 Å². The van der Waals surface area contributed by atoms with Crippen LogP contribution < -0.4 is 0 Å². The summed E-state index contributed by atoms with van der Waals surface area (Å²) in [7, 11) is 3.48. The van der Waals surface area contributed by atoms with Gasteiger partial charge in [-0.25, -0.2) is 0 Å². The van der Waals surface area contributed by atoms with E-state index in [1.807, 2.05) is 35.2 Å². The van der Waals surface area contributed by atoms with Gasteiger partial charge in [0, 0.05) is 26.3 Å². The molecular weight excluding hydrogens is 346 g/mol. The molecule has 3 atom stereocenters. The summed E-state index contributed by atoms with van der Waals surface area (Å²) in [6, 6.07) is 9.65. The van der Waals surface area contributed by atoms with Gasteiger partial charge >= 0.3 is 0 Å². The van der Waals surface area contributed by atoms with Gasteiger partial charge < -0.3 is 14.4 Å². The lowest BCUT2D eigenvalue weighted by molar-refractivity contribution is -0.141. The summed E-state index contributed by atoms with van der Waals surface area (Å²) in [6.07, 6.45) is 3.71. The molecule has 2 heterocycles. The number of tetrazole rings is 1. The largest absolute Gasteiger partial charge is 0.381 e. The number of ether oxygens (including phenoxy) is 2. The van der Waals surface area contributed by atoms with Crippen LogP contribution in [0.5, 0.6) is 0 Å². The van der Waals surface area contributed by atoms with Crippen molar-refractivity contribution in [1.29, 1.82) is 0 Å². The molecule has 0 spiro atoms. The first-order valence-electron chi connectivity index (χ1n) is 9.36. The maximum Gasteiger partial charge on any atom is 0.246 e. The smallest absolute Gasteiger partial charge is 0.246 e. The van der Waals surface area contributed by atoms with E-state index in [2.05, 4.69) is 15.4 Å². The molecule has 8 heteroatoms. The average molecular weight is 371 g/mol. The van der Waals surface area contributed by atoms with Gasteiger partial charge in [-0.2, -0.15) is 4.80 Å². The van der Waals surface area contributed by atoms with E-state index in [4.69, 9.17) is 9.47 Å². The molecule has 0 bridgehead atoms. The number of fused-ring (bicyclic) bond motifs is 1. The Kier molecular flexibility index (Phi) is 4.92. The Bertz CT molecular complexity index is 796. The number of methoxy groups -OCH3 is 2. The van der Waals surface area contributed by atoms with Gasteiger partial charge in [0.25, 0.3) is 0 Å². The van der Waals surface area contributed by atoms with E-state index in [1.165, 1.54) is 4.80 Å². The van der Waals surface area contributed by atoms with Crippen molar-refractivity contribution in [1.82, 2.24) is 25.1 Å². The molecule has 27 heavy (non-hydrogen) atoms. The van der Waals surface area contributed by atoms with Gasteiger partial charge in [-0.05, 0) is 30.9 Å². The summed E-state index contributed by atoms with van der Waals surface area (Å²) in [5, 5.41) is 12.5. The molecule has 1 aliphatic carbocycles. The van der Waals surface area contributed by atoms with Crippen LogP contribution in [-0.4, -0.2) is 69.5 Å². The number of rotatable bonds is 5. The molecule has 4 rings (SSSR count). The van der Waals surface area contributed by atoms with Gasteiger partial charge in [-0.3, -0.25) is 4.79 Å². The summed E-state index contributed by atoms with van der Waals surface area (Å²) in [4.78, 5) is 16.3. The minimum Gasteiger partial charge on any atom is -0.381 e. The fourth-order valence-corrected chi connectivity index (χ4v) is 4.40. The maximum atomic E-state index is 13.0. The van der Waals surface area contributed by atoms with E-state index in [0.717, 1.165) is 31.2 Å². The number of benzene rings is 1. The number of carbonyl (C=O) groups is 1. The second-order valence-corrected chi connectivity index (χ2v) is 7.26. The molecule has 8 nitrogen and oxygen atoms in total. The summed E-state index contributed by atoms with van der Waals surface area (Å²) in [5.74, 6) is 0.515. The Balaban J connectivity index is 1.47. The lowest BCUT2D eigenvalue weighted by Gasteiger charge is -2.43. The van der Waals surface area contributed by atoms with E-state index < -0.39 is 0 Å². The number of hydrogen-bond acceptors (Lipinski definition) is 6. The van der Waals surface area contributed by atoms with Gasteiger partial charge in [-0.1, -0.05) is 30.3 Å². The summed E-state index contributed by atoms with van der Waals surface area (Å²) in [6.45, 7) is 0.766. The molecule has 1 amide bonds. The van der Waals surface area contributed by atoms with Gasteiger partial charge in [-0.15, -0.1) is 10.2 Å².